The first-order valence-electron chi connectivity index (χ1n) is 10.6. The minimum absolute atomic E-state index is 0.0381. The number of fused-ring (bicyclic) bond motifs is 1. The average Bonchev–Trinajstić information content (AvgIpc) is 3.20. The molecule has 3 aromatic carbocycles. The van der Waals surface area contributed by atoms with E-state index in [2.05, 4.69) is 4.72 Å². The molecule has 0 fully saturated rings. The molecule has 0 amide bonds. The summed E-state index contributed by atoms with van der Waals surface area (Å²) in [5, 5.41) is 1.03. The zero-order valence-electron chi connectivity index (χ0n) is 18.7. The van der Waals surface area contributed by atoms with E-state index in [-0.39, 0.29) is 15.8 Å². The van der Waals surface area contributed by atoms with Gasteiger partial charge in [0.1, 0.15) is 21.8 Å². The number of hydrogen-bond donors (Lipinski definition) is 1. The van der Waals surface area contributed by atoms with Crippen LogP contribution in [0.15, 0.2) is 88.8 Å². The summed E-state index contributed by atoms with van der Waals surface area (Å²) in [6, 6.07) is 22.9. The van der Waals surface area contributed by atoms with Crippen LogP contribution in [0, 0.1) is 0 Å². The first-order valence-corrected chi connectivity index (χ1v) is 13.2. The monoisotopic (exact) mass is 482 g/mol. The topological polar surface area (TPSA) is 77.4 Å². The molecule has 1 heterocycles. The number of methoxy groups -OCH3 is 1. The lowest BCUT2D eigenvalue weighted by atomic mass is 10.0. The van der Waals surface area contributed by atoms with Crippen LogP contribution < -0.4 is 9.46 Å². The Kier molecular flexibility index (Phi) is 6.69. The number of aromatic nitrogens is 1. The lowest BCUT2D eigenvalue weighted by Gasteiger charge is -2.15. The van der Waals surface area contributed by atoms with Gasteiger partial charge in [-0.05, 0) is 47.4 Å². The molecule has 6 nitrogen and oxygen atoms in total. The molecule has 1 atom stereocenters. The zero-order chi connectivity index (χ0) is 23.6. The molecule has 0 bridgehead atoms. The Morgan fingerprint density at radius 2 is 1.58 bits per heavy atom. The molecule has 1 N–H and O–H groups in total. The van der Waals surface area contributed by atoms with Gasteiger partial charge in [-0.1, -0.05) is 62.4 Å². The molecule has 1 aromatic heterocycles. The zero-order valence-corrected chi connectivity index (χ0v) is 20.3. The van der Waals surface area contributed by atoms with Crippen LogP contribution in [0.5, 0.6) is 5.75 Å². The Balaban J connectivity index is 1.84. The minimum Gasteiger partial charge on any atom is -0.497 e. The maximum Gasteiger partial charge on any atom is 0.269 e. The normalized spacial score (nSPS) is 12.8. The molecule has 0 radical (unpaired) electrons. The molecule has 0 aliphatic carbocycles. The molecule has 0 aliphatic heterocycles. The van der Waals surface area contributed by atoms with Crippen molar-refractivity contribution in [3.8, 4) is 5.75 Å². The fourth-order valence-electron chi connectivity index (χ4n) is 3.84. The van der Waals surface area contributed by atoms with E-state index in [1.807, 2.05) is 50.2 Å². The second-order valence-corrected chi connectivity index (χ2v) is 10.9. The molecule has 0 spiro atoms. The molecule has 33 heavy (non-hydrogen) atoms. The third-order valence-electron chi connectivity index (χ3n) is 5.43. The number of ether oxygens (including phenoxy) is 1. The summed E-state index contributed by atoms with van der Waals surface area (Å²) in [6.07, 6.45) is 0. The van der Waals surface area contributed by atoms with Crippen molar-refractivity contribution in [1.29, 1.82) is 0 Å². The molecular formula is C25H26N2O4S2. The molecule has 0 saturated carbocycles. The van der Waals surface area contributed by atoms with Crippen molar-refractivity contribution in [3.05, 3.63) is 90.0 Å². The van der Waals surface area contributed by atoms with Crippen molar-refractivity contribution in [3.63, 3.8) is 0 Å². The Morgan fingerprint density at radius 3 is 2.21 bits per heavy atom. The SMILES string of the molecule is COc1ccc(CNS(=O)c2c(C(C)C)c3ccccc3n2S(=O)(=O)c2ccccc2)cc1. The predicted octanol–water partition coefficient (Wildman–Crippen LogP) is 4.82. The van der Waals surface area contributed by atoms with E-state index in [4.69, 9.17) is 4.74 Å². The van der Waals surface area contributed by atoms with Gasteiger partial charge in [-0.25, -0.2) is 21.3 Å². The van der Waals surface area contributed by atoms with Gasteiger partial charge in [0.05, 0.1) is 17.5 Å². The van der Waals surface area contributed by atoms with Crippen molar-refractivity contribution in [1.82, 2.24) is 8.69 Å². The Bertz CT molecular complexity index is 1390. The molecule has 1 unspecified atom stereocenters. The van der Waals surface area contributed by atoms with Crippen molar-refractivity contribution < 1.29 is 17.4 Å². The van der Waals surface area contributed by atoms with Crippen molar-refractivity contribution in [2.75, 3.05) is 7.11 Å². The number of nitrogens with zero attached hydrogens (tertiary/aromatic N) is 1. The lowest BCUT2D eigenvalue weighted by Crippen LogP contribution is -2.24. The van der Waals surface area contributed by atoms with Crippen molar-refractivity contribution in [2.24, 2.45) is 0 Å². The van der Waals surface area contributed by atoms with E-state index in [0.29, 0.717) is 12.1 Å². The maximum absolute atomic E-state index is 13.7. The Morgan fingerprint density at radius 1 is 0.939 bits per heavy atom. The standard InChI is InChI=1S/C25H26N2O4S2/c1-18(2)24-22-11-7-8-12-23(22)27(33(29,30)21-9-5-4-6-10-21)25(24)32(28)26-17-19-13-15-20(31-3)16-14-19/h4-16,18,26H,17H2,1-3H3. The van der Waals surface area contributed by atoms with Gasteiger partial charge in [0, 0.05) is 11.9 Å². The van der Waals surface area contributed by atoms with Crippen LogP contribution in [0.1, 0.15) is 30.9 Å². The second-order valence-electron chi connectivity index (χ2n) is 7.91. The van der Waals surface area contributed by atoms with Crippen LogP contribution in [0.4, 0.5) is 0 Å². The van der Waals surface area contributed by atoms with Gasteiger partial charge in [-0.15, -0.1) is 0 Å². The summed E-state index contributed by atoms with van der Waals surface area (Å²) in [6.45, 7) is 4.26. The summed E-state index contributed by atoms with van der Waals surface area (Å²) >= 11 is 0. The Labute approximate surface area is 196 Å². The molecule has 172 valence electrons. The number of rotatable bonds is 8. The van der Waals surface area contributed by atoms with E-state index in [0.717, 1.165) is 22.3 Å². The van der Waals surface area contributed by atoms with Crippen LogP contribution in [0.25, 0.3) is 10.9 Å². The van der Waals surface area contributed by atoms with E-state index in [9.17, 15) is 12.6 Å². The molecule has 4 rings (SSSR count). The van der Waals surface area contributed by atoms with Gasteiger partial charge in [0.15, 0.2) is 0 Å². The smallest absolute Gasteiger partial charge is 0.269 e. The first kappa shape index (κ1) is 23.2. The van der Waals surface area contributed by atoms with Gasteiger partial charge < -0.3 is 4.74 Å². The van der Waals surface area contributed by atoms with Gasteiger partial charge >= 0.3 is 0 Å². The number of nitrogens with one attached hydrogen (secondary N) is 1. The van der Waals surface area contributed by atoms with E-state index in [1.54, 1.807) is 49.6 Å². The lowest BCUT2D eigenvalue weighted by molar-refractivity contribution is 0.414. The largest absolute Gasteiger partial charge is 0.497 e. The quantitative estimate of drug-likeness (QED) is 0.391. The number of benzene rings is 3. The summed E-state index contributed by atoms with van der Waals surface area (Å²) in [7, 11) is -4.16. The van der Waals surface area contributed by atoms with Gasteiger partial charge in [0.25, 0.3) is 10.0 Å². The van der Waals surface area contributed by atoms with Gasteiger partial charge in [-0.2, -0.15) is 0 Å². The maximum atomic E-state index is 13.7. The van der Waals surface area contributed by atoms with Crippen LogP contribution in [0.3, 0.4) is 0 Å². The van der Waals surface area contributed by atoms with Crippen molar-refractivity contribution in [2.45, 2.75) is 36.2 Å². The third kappa shape index (κ3) is 4.46. The summed E-state index contributed by atoms with van der Waals surface area (Å²) < 4.78 is 50.5. The van der Waals surface area contributed by atoms with E-state index >= 15 is 0 Å². The minimum atomic E-state index is -3.98. The molecule has 0 saturated heterocycles. The third-order valence-corrected chi connectivity index (χ3v) is 8.43. The highest BCUT2D eigenvalue weighted by Crippen LogP contribution is 2.36. The van der Waals surface area contributed by atoms with Crippen molar-refractivity contribution >= 4 is 31.9 Å². The summed E-state index contributed by atoms with van der Waals surface area (Å²) in [5.74, 6) is 0.694. The molecule has 4 aromatic rings. The Hall–Kier alpha value is -2.94. The van der Waals surface area contributed by atoms with E-state index in [1.165, 1.54) is 3.97 Å². The molecule has 8 heteroatoms. The highest BCUT2D eigenvalue weighted by atomic mass is 32.2. The van der Waals surface area contributed by atoms with Gasteiger partial charge in [-0.3, -0.25) is 0 Å². The number of hydrogen-bond acceptors (Lipinski definition) is 4. The summed E-state index contributed by atoms with van der Waals surface area (Å²) in [4.78, 5) is 0.148. The highest BCUT2D eigenvalue weighted by molar-refractivity contribution is 7.91. The summed E-state index contributed by atoms with van der Waals surface area (Å²) in [5.41, 5.74) is 2.18. The van der Waals surface area contributed by atoms with Crippen LogP contribution >= 0.6 is 0 Å². The average molecular weight is 483 g/mol. The van der Waals surface area contributed by atoms with Crippen LogP contribution in [-0.4, -0.2) is 23.7 Å². The van der Waals surface area contributed by atoms with E-state index < -0.39 is 21.0 Å². The fourth-order valence-corrected chi connectivity index (χ4v) is 7.02. The second kappa shape index (κ2) is 9.51. The van der Waals surface area contributed by atoms with Crippen LogP contribution in [-0.2, 0) is 27.6 Å². The number of para-hydroxylation sites is 1. The highest BCUT2D eigenvalue weighted by Gasteiger charge is 2.30. The fraction of sp³-hybridized carbons (Fsp3) is 0.200. The first-order chi connectivity index (χ1) is 15.8. The molecule has 0 aliphatic rings. The molecular weight excluding hydrogens is 456 g/mol. The van der Waals surface area contributed by atoms with Gasteiger partial charge in [0.2, 0.25) is 0 Å². The van der Waals surface area contributed by atoms with Crippen LogP contribution in [0.2, 0.25) is 0 Å². The predicted molar refractivity (Wildman–Crippen MR) is 131 cm³/mol.